The second-order valence-electron chi connectivity index (χ2n) is 8.17. The SMILES string of the molecule is Cn1nccc1C(=O)N1CCC2(C1)CN(C(=O)c1ccsc1)c1cccnc12.O=C(O)C(F)(F)F. The minimum atomic E-state index is -5.08. The summed E-state index contributed by atoms with van der Waals surface area (Å²) in [5.74, 6) is -2.80. The zero-order valence-electron chi connectivity index (χ0n) is 18.4. The van der Waals surface area contributed by atoms with E-state index in [-0.39, 0.29) is 17.2 Å². The van der Waals surface area contributed by atoms with Crippen LogP contribution in [0.25, 0.3) is 0 Å². The van der Waals surface area contributed by atoms with E-state index in [1.54, 1.807) is 30.2 Å². The highest BCUT2D eigenvalue weighted by Gasteiger charge is 2.51. The molecule has 1 saturated heterocycles. The van der Waals surface area contributed by atoms with Crippen LogP contribution in [0.5, 0.6) is 0 Å². The van der Waals surface area contributed by atoms with Crippen molar-refractivity contribution >= 4 is 34.8 Å². The molecule has 1 spiro atoms. The number of thiophene rings is 1. The number of carbonyl (C=O) groups is 3. The van der Waals surface area contributed by atoms with Crippen LogP contribution in [0, 0.1) is 0 Å². The van der Waals surface area contributed by atoms with E-state index in [1.807, 2.05) is 38.8 Å². The van der Waals surface area contributed by atoms with Gasteiger partial charge < -0.3 is 14.9 Å². The molecule has 2 amide bonds. The van der Waals surface area contributed by atoms with Crippen LogP contribution in [0.1, 0.15) is 33.0 Å². The number of pyridine rings is 1. The Morgan fingerprint density at radius 2 is 1.86 bits per heavy atom. The summed E-state index contributed by atoms with van der Waals surface area (Å²) in [6.45, 7) is 1.73. The van der Waals surface area contributed by atoms with Crippen molar-refractivity contribution in [2.24, 2.45) is 7.05 Å². The third-order valence-corrected chi connectivity index (χ3v) is 6.66. The van der Waals surface area contributed by atoms with Gasteiger partial charge in [-0.1, -0.05) is 0 Å². The number of hydrogen-bond acceptors (Lipinski definition) is 6. The fourth-order valence-corrected chi connectivity index (χ4v) is 4.95. The Bertz CT molecular complexity index is 1260. The highest BCUT2D eigenvalue weighted by molar-refractivity contribution is 7.08. The number of alkyl halides is 3. The number of aryl methyl sites for hydroxylation is 1. The highest BCUT2D eigenvalue weighted by Crippen LogP contribution is 2.45. The standard InChI is InChI=1S/C20H19N5O2S.C2HF3O2/c1-23-16(4-8-22-23)19(27)24-9-6-20(12-24)13-25(15-3-2-7-21-17(15)20)18(26)14-5-10-28-11-14;3-2(4,5)1(6)7/h2-5,7-8,10-11H,6,9,12-13H2,1H3;(H,6,7). The molecule has 13 heteroatoms. The second-order valence-corrected chi connectivity index (χ2v) is 8.95. The summed E-state index contributed by atoms with van der Waals surface area (Å²) in [5, 5.41) is 15.0. The second kappa shape index (κ2) is 9.13. The van der Waals surface area contributed by atoms with Gasteiger partial charge in [-0.25, -0.2) is 4.79 Å². The molecule has 0 radical (unpaired) electrons. The fraction of sp³-hybridized carbons (Fsp3) is 0.318. The number of rotatable bonds is 2. The van der Waals surface area contributed by atoms with Gasteiger partial charge in [0.25, 0.3) is 11.8 Å². The van der Waals surface area contributed by atoms with Crippen molar-refractivity contribution in [1.82, 2.24) is 19.7 Å². The summed E-state index contributed by atoms with van der Waals surface area (Å²) in [5.41, 5.74) is 2.71. The maximum atomic E-state index is 13.1. The van der Waals surface area contributed by atoms with Crippen LogP contribution in [0.2, 0.25) is 0 Å². The molecule has 2 aliphatic heterocycles. The van der Waals surface area contributed by atoms with Gasteiger partial charge >= 0.3 is 12.1 Å². The number of halogens is 3. The lowest BCUT2D eigenvalue weighted by atomic mass is 9.85. The molecule has 184 valence electrons. The summed E-state index contributed by atoms with van der Waals surface area (Å²) in [6, 6.07) is 7.40. The smallest absolute Gasteiger partial charge is 0.475 e. The van der Waals surface area contributed by atoms with Gasteiger partial charge in [-0.3, -0.25) is 19.3 Å². The van der Waals surface area contributed by atoms with Crippen molar-refractivity contribution in [1.29, 1.82) is 0 Å². The molecular formula is C22H20F3N5O4S. The Morgan fingerprint density at radius 1 is 1.11 bits per heavy atom. The van der Waals surface area contributed by atoms with Crippen LogP contribution in [-0.4, -0.2) is 68.4 Å². The lowest BCUT2D eigenvalue weighted by molar-refractivity contribution is -0.192. The van der Waals surface area contributed by atoms with Crippen LogP contribution in [0.3, 0.4) is 0 Å². The van der Waals surface area contributed by atoms with Crippen LogP contribution in [0.15, 0.2) is 47.4 Å². The summed E-state index contributed by atoms with van der Waals surface area (Å²) in [7, 11) is 1.77. The molecule has 9 nitrogen and oxygen atoms in total. The number of carbonyl (C=O) groups excluding carboxylic acids is 2. The van der Waals surface area contributed by atoms with E-state index in [1.165, 1.54) is 11.3 Å². The molecule has 5 heterocycles. The van der Waals surface area contributed by atoms with Crippen molar-refractivity contribution in [3.05, 3.63) is 64.4 Å². The molecule has 35 heavy (non-hydrogen) atoms. The molecule has 1 fully saturated rings. The number of aromatic nitrogens is 3. The van der Waals surface area contributed by atoms with Crippen LogP contribution in [0.4, 0.5) is 18.9 Å². The average Bonchev–Trinajstić information content (AvgIpc) is 3.61. The number of nitrogens with zero attached hydrogens (tertiary/aromatic N) is 5. The molecule has 1 N–H and O–H groups in total. The van der Waals surface area contributed by atoms with Crippen molar-refractivity contribution in [2.75, 3.05) is 24.5 Å². The number of hydrogen-bond donors (Lipinski definition) is 1. The maximum Gasteiger partial charge on any atom is 0.490 e. The molecule has 0 aromatic carbocycles. The Kier molecular flexibility index (Phi) is 6.36. The van der Waals surface area contributed by atoms with Gasteiger partial charge in [0.2, 0.25) is 0 Å². The van der Waals surface area contributed by atoms with Crippen LogP contribution in [-0.2, 0) is 17.3 Å². The first kappa shape index (κ1) is 24.4. The average molecular weight is 507 g/mol. The number of likely N-dealkylation sites (tertiary alicyclic amines) is 1. The van der Waals surface area contributed by atoms with Gasteiger partial charge in [0.1, 0.15) is 5.69 Å². The summed E-state index contributed by atoms with van der Waals surface area (Å²) in [6.07, 6.45) is -0.897. The third-order valence-electron chi connectivity index (χ3n) is 5.98. The van der Waals surface area contributed by atoms with Crippen molar-refractivity contribution in [3.8, 4) is 0 Å². The monoisotopic (exact) mass is 507 g/mol. The first-order valence-corrected chi connectivity index (χ1v) is 11.3. The molecule has 0 aliphatic carbocycles. The lowest BCUT2D eigenvalue weighted by Gasteiger charge is -2.25. The Balaban J connectivity index is 0.000000364. The molecule has 0 saturated carbocycles. The van der Waals surface area contributed by atoms with E-state index < -0.39 is 12.1 Å². The number of carboxylic acids is 1. The van der Waals surface area contributed by atoms with Gasteiger partial charge in [0.15, 0.2) is 0 Å². The largest absolute Gasteiger partial charge is 0.490 e. The highest BCUT2D eigenvalue weighted by atomic mass is 32.1. The minimum Gasteiger partial charge on any atom is -0.475 e. The van der Waals surface area contributed by atoms with Crippen LogP contribution < -0.4 is 4.90 Å². The summed E-state index contributed by atoms with van der Waals surface area (Å²) < 4.78 is 33.3. The summed E-state index contributed by atoms with van der Waals surface area (Å²) >= 11 is 1.51. The molecule has 3 aromatic rings. The molecule has 1 atom stereocenters. The fourth-order valence-electron chi connectivity index (χ4n) is 4.32. The van der Waals surface area contributed by atoms with E-state index in [0.717, 1.165) is 17.8 Å². The van der Waals surface area contributed by atoms with Crippen molar-refractivity contribution in [2.45, 2.75) is 18.0 Å². The zero-order valence-corrected chi connectivity index (χ0v) is 19.2. The quantitative estimate of drug-likeness (QED) is 0.572. The molecular weight excluding hydrogens is 487 g/mol. The van der Waals surface area contributed by atoms with E-state index in [4.69, 9.17) is 9.90 Å². The number of aliphatic carboxylic acids is 1. The van der Waals surface area contributed by atoms with Crippen LogP contribution >= 0.6 is 11.3 Å². The first-order valence-electron chi connectivity index (χ1n) is 10.4. The van der Waals surface area contributed by atoms with Gasteiger partial charge in [-0.2, -0.15) is 29.6 Å². The van der Waals surface area contributed by atoms with Crippen molar-refractivity contribution < 1.29 is 32.7 Å². The van der Waals surface area contributed by atoms with Gasteiger partial charge in [0, 0.05) is 44.5 Å². The Morgan fingerprint density at radius 3 is 2.46 bits per heavy atom. The Hall–Kier alpha value is -3.74. The topological polar surface area (TPSA) is 109 Å². The molecule has 0 bridgehead atoms. The van der Waals surface area contributed by atoms with E-state index in [0.29, 0.717) is 30.9 Å². The summed E-state index contributed by atoms with van der Waals surface area (Å²) in [4.78, 5) is 43.2. The van der Waals surface area contributed by atoms with Gasteiger partial charge in [-0.05, 0) is 36.1 Å². The van der Waals surface area contributed by atoms with E-state index >= 15 is 0 Å². The normalized spacial score (nSPS) is 18.9. The predicted molar refractivity (Wildman–Crippen MR) is 119 cm³/mol. The molecule has 2 aliphatic rings. The minimum absolute atomic E-state index is 0.0104. The number of fused-ring (bicyclic) bond motifs is 2. The molecule has 3 aromatic heterocycles. The maximum absolute atomic E-state index is 13.1. The number of anilines is 1. The Labute approximate surface area is 201 Å². The number of carboxylic acid groups (broad SMARTS) is 1. The zero-order chi connectivity index (χ0) is 25.4. The predicted octanol–water partition coefficient (Wildman–Crippen LogP) is 2.95. The first-order chi connectivity index (χ1) is 16.5. The molecule has 1 unspecified atom stereocenters. The van der Waals surface area contributed by atoms with Gasteiger partial charge in [0.05, 0.1) is 22.4 Å². The third kappa shape index (κ3) is 4.63. The van der Waals surface area contributed by atoms with E-state index in [9.17, 15) is 22.8 Å². The lowest BCUT2D eigenvalue weighted by Crippen LogP contribution is -2.40. The number of amides is 2. The van der Waals surface area contributed by atoms with E-state index in [2.05, 4.69) is 10.1 Å². The van der Waals surface area contributed by atoms with Crippen molar-refractivity contribution in [3.63, 3.8) is 0 Å². The van der Waals surface area contributed by atoms with Gasteiger partial charge in [-0.15, -0.1) is 0 Å². The molecule has 5 rings (SSSR count).